The molecule has 0 radical (unpaired) electrons. The minimum atomic E-state index is -0.173. The molecule has 0 bridgehead atoms. The number of methoxy groups -OCH3 is 1. The highest BCUT2D eigenvalue weighted by atomic mass is 35.5. The average molecular weight is 400 g/mol. The Morgan fingerprint density at radius 1 is 1.33 bits per heavy atom. The molecule has 2 rings (SSSR count). The van der Waals surface area contributed by atoms with E-state index in [0.29, 0.717) is 50.7 Å². The number of nitrogens with two attached hydrogens (primary N) is 1. The van der Waals surface area contributed by atoms with Crippen LogP contribution in [-0.2, 0) is 9.53 Å². The number of rotatable bonds is 9. The zero-order valence-electron chi connectivity index (χ0n) is 15.8. The smallest absolute Gasteiger partial charge is 0.254 e. The van der Waals surface area contributed by atoms with Crippen LogP contribution in [0, 0.1) is 5.92 Å². The fourth-order valence-corrected chi connectivity index (χ4v) is 3.01. The molecule has 1 unspecified atom stereocenters. The molecule has 1 aromatic carbocycles. The zero-order chi connectivity index (χ0) is 18.8. The monoisotopic (exact) mass is 399 g/mol. The van der Waals surface area contributed by atoms with E-state index < -0.39 is 0 Å². The van der Waals surface area contributed by atoms with Gasteiger partial charge in [-0.05, 0) is 31.0 Å². The van der Waals surface area contributed by atoms with Crippen molar-refractivity contribution in [1.29, 1.82) is 0 Å². The summed E-state index contributed by atoms with van der Waals surface area (Å²) in [6.07, 6.45) is 2.41. The van der Waals surface area contributed by atoms with Crippen molar-refractivity contribution in [3.05, 3.63) is 29.8 Å². The van der Waals surface area contributed by atoms with Gasteiger partial charge in [0, 0.05) is 51.9 Å². The number of nitrogens with zero attached hydrogens (tertiary/aromatic N) is 1. The highest BCUT2D eigenvalue weighted by Gasteiger charge is 2.28. The van der Waals surface area contributed by atoms with Crippen LogP contribution in [0.1, 0.15) is 29.6 Å². The van der Waals surface area contributed by atoms with Crippen LogP contribution in [0.4, 0.5) is 0 Å². The van der Waals surface area contributed by atoms with Crippen molar-refractivity contribution in [3.63, 3.8) is 0 Å². The van der Waals surface area contributed by atoms with Crippen LogP contribution in [0.2, 0.25) is 0 Å². The number of hydrogen-bond acceptors (Lipinski definition) is 5. The van der Waals surface area contributed by atoms with Gasteiger partial charge in [-0.3, -0.25) is 9.59 Å². The van der Waals surface area contributed by atoms with E-state index in [1.54, 1.807) is 24.1 Å². The SMILES string of the molecule is COCCCOc1cccc(C(=O)N2CCCC(C(=O)NCCN)C2)c1.Cl. The van der Waals surface area contributed by atoms with Gasteiger partial charge in [-0.1, -0.05) is 6.07 Å². The first-order valence-corrected chi connectivity index (χ1v) is 9.14. The number of ether oxygens (including phenoxy) is 2. The number of piperidine rings is 1. The number of carbonyl (C=O) groups excluding carboxylic acids is 2. The molecule has 1 heterocycles. The number of amides is 2. The fraction of sp³-hybridized carbons (Fsp3) is 0.579. The van der Waals surface area contributed by atoms with Crippen molar-refractivity contribution in [2.24, 2.45) is 11.7 Å². The summed E-state index contributed by atoms with van der Waals surface area (Å²) in [6, 6.07) is 7.19. The summed E-state index contributed by atoms with van der Waals surface area (Å²) >= 11 is 0. The predicted octanol–water partition coefficient (Wildman–Crippen LogP) is 1.45. The molecule has 0 spiro atoms. The Morgan fingerprint density at radius 2 is 2.15 bits per heavy atom. The third kappa shape index (κ3) is 7.36. The molecule has 1 aliphatic rings. The van der Waals surface area contributed by atoms with Crippen molar-refractivity contribution in [1.82, 2.24) is 10.2 Å². The first-order chi connectivity index (χ1) is 12.7. The van der Waals surface area contributed by atoms with Gasteiger partial charge in [0.2, 0.25) is 5.91 Å². The number of hydrogen-bond donors (Lipinski definition) is 2. The summed E-state index contributed by atoms with van der Waals surface area (Å²) in [5.74, 6) is 0.403. The maximum absolute atomic E-state index is 12.8. The lowest BCUT2D eigenvalue weighted by Gasteiger charge is -2.32. The average Bonchev–Trinajstić information content (AvgIpc) is 2.69. The second-order valence-corrected chi connectivity index (χ2v) is 6.39. The van der Waals surface area contributed by atoms with Gasteiger partial charge >= 0.3 is 0 Å². The van der Waals surface area contributed by atoms with Crippen LogP contribution >= 0.6 is 12.4 Å². The molecule has 1 aliphatic heterocycles. The van der Waals surface area contributed by atoms with Crippen LogP contribution in [0.15, 0.2) is 24.3 Å². The molecular formula is C19H30ClN3O4. The lowest BCUT2D eigenvalue weighted by Crippen LogP contribution is -2.46. The van der Waals surface area contributed by atoms with Crippen molar-refractivity contribution in [3.8, 4) is 5.75 Å². The Bertz CT molecular complexity index is 600. The Morgan fingerprint density at radius 3 is 2.89 bits per heavy atom. The number of benzene rings is 1. The maximum Gasteiger partial charge on any atom is 0.254 e. The molecule has 1 atom stereocenters. The molecule has 3 N–H and O–H groups in total. The van der Waals surface area contributed by atoms with Crippen LogP contribution in [0.5, 0.6) is 5.75 Å². The first-order valence-electron chi connectivity index (χ1n) is 9.14. The minimum Gasteiger partial charge on any atom is -0.493 e. The molecule has 0 aliphatic carbocycles. The van der Waals surface area contributed by atoms with Crippen molar-refractivity contribution in [2.75, 3.05) is 46.5 Å². The summed E-state index contributed by atoms with van der Waals surface area (Å²) in [7, 11) is 1.65. The normalized spacial score (nSPS) is 16.4. The fourth-order valence-electron chi connectivity index (χ4n) is 3.01. The second kappa shape index (κ2) is 12.5. The van der Waals surface area contributed by atoms with Crippen LogP contribution < -0.4 is 15.8 Å². The van der Waals surface area contributed by atoms with Gasteiger partial charge < -0.3 is 25.4 Å². The molecule has 2 amide bonds. The van der Waals surface area contributed by atoms with Crippen molar-refractivity contribution in [2.45, 2.75) is 19.3 Å². The quantitative estimate of drug-likeness (QED) is 0.613. The van der Waals surface area contributed by atoms with Crippen molar-refractivity contribution < 1.29 is 19.1 Å². The van der Waals surface area contributed by atoms with Gasteiger partial charge in [0.05, 0.1) is 12.5 Å². The number of carbonyl (C=O) groups is 2. The summed E-state index contributed by atoms with van der Waals surface area (Å²) < 4.78 is 10.7. The third-order valence-corrected chi connectivity index (χ3v) is 4.37. The highest BCUT2D eigenvalue weighted by molar-refractivity contribution is 5.95. The van der Waals surface area contributed by atoms with Crippen molar-refractivity contribution >= 4 is 24.2 Å². The molecular weight excluding hydrogens is 370 g/mol. The molecule has 0 saturated carbocycles. The summed E-state index contributed by atoms with van der Waals surface area (Å²) in [6.45, 7) is 3.16. The minimum absolute atomic E-state index is 0. The second-order valence-electron chi connectivity index (χ2n) is 6.39. The summed E-state index contributed by atoms with van der Waals surface area (Å²) in [5.41, 5.74) is 6.01. The Labute approximate surface area is 167 Å². The maximum atomic E-state index is 12.8. The van der Waals surface area contributed by atoms with Gasteiger partial charge in [0.25, 0.3) is 5.91 Å². The predicted molar refractivity (Wildman–Crippen MR) is 106 cm³/mol. The lowest BCUT2D eigenvalue weighted by molar-refractivity contribution is -0.126. The molecule has 152 valence electrons. The largest absolute Gasteiger partial charge is 0.493 e. The highest BCUT2D eigenvalue weighted by Crippen LogP contribution is 2.21. The van der Waals surface area contributed by atoms with Crippen LogP contribution in [-0.4, -0.2) is 63.2 Å². The Hall–Kier alpha value is -1.83. The van der Waals surface area contributed by atoms with E-state index in [0.717, 1.165) is 19.3 Å². The van der Waals surface area contributed by atoms with E-state index in [4.69, 9.17) is 15.2 Å². The van der Waals surface area contributed by atoms with Gasteiger partial charge in [-0.15, -0.1) is 12.4 Å². The van der Waals surface area contributed by atoms with E-state index >= 15 is 0 Å². The number of nitrogens with one attached hydrogen (secondary N) is 1. The van der Waals surface area contributed by atoms with E-state index in [1.165, 1.54) is 0 Å². The van der Waals surface area contributed by atoms with E-state index in [-0.39, 0.29) is 30.1 Å². The van der Waals surface area contributed by atoms with Gasteiger partial charge in [0.15, 0.2) is 0 Å². The Kier molecular flexibility index (Phi) is 10.8. The number of likely N-dealkylation sites (tertiary alicyclic amines) is 1. The molecule has 8 heteroatoms. The topological polar surface area (TPSA) is 93.9 Å². The molecule has 7 nitrogen and oxygen atoms in total. The molecule has 0 aromatic heterocycles. The standard InChI is InChI=1S/C19H29N3O4.ClH/c1-25-11-4-12-26-17-7-2-5-15(13-17)19(24)22-10-3-6-16(14-22)18(23)21-9-8-20;/h2,5,7,13,16H,3-4,6,8-12,14,20H2,1H3,(H,21,23);1H. The third-order valence-electron chi connectivity index (χ3n) is 4.37. The van der Waals surface area contributed by atoms with Gasteiger partial charge in [-0.2, -0.15) is 0 Å². The zero-order valence-corrected chi connectivity index (χ0v) is 16.6. The molecule has 1 aromatic rings. The number of halogens is 1. The van der Waals surface area contributed by atoms with Gasteiger partial charge in [0.1, 0.15) is 5.75 Å². The van der Waals surface area contributed by atoms with E-state index in [1.807, 2.05) is 12.1 Å². The van der Waals surface area contributed by atoms with E-state index in [9.17, 15) is 9.59 Å². The lowest BCUT2D eigenvalue weighted by atomic mass is 9.96. The Balaban J connectivity index is 0.00000364. The van der Waals surface area contributed by atoms with Crippen LogP contribution in [0.25, 0.3) is 0 Å². The summed E-state index contributed by atoms with van der Waals surface area (Å²) in [5, 5.41) is 2.81. The van der Waals surface area contributed by atoms with Gasteiger partial charge in [-0.25, -0.2) is 0 Å². The first kappa shape index (κ1) is 23.2. The molecule has 1 fully saturated rings. The molecule has 27 heavy (non-hydrogen) atoms. The molecule has 1 saturated heterocycles. The van der Waals surface area contributed by atoms with E-state index in [2.05, 4.69) is 5.32 Å². The summed E-state index contributed by atoms with van der Waals surface area (Å²) in [4.78, 5) is 26.7. The van der Waals surface area contributed by atoms with Crippen LogP contribution in [0.3, 0.4) is 0 Å².